The number of hydrogen-bond acceptors (Lipinski definition) is 6. The Morgan fingerprint density at radius 1 is 1.11 bits per heavy atom. The summed E-state index contributed by atoms with van der Waals surface area (Å²) in [5.74, 6) is -0.682. The van der Waals surface area contributed by atoms with E-state index in [1.54, 1.807) is 30.3 Å². The summed E-state index contributed by atoms with van der Waals surface area (Å²) in [7, 11) is 0.00564. The van der Waals surface area contributed by atoms with E-state index in [1.165, 1.54) is 21.3 Å². The Hall–Kier alpha value is -1.62. The lowest BCUT2D eigenvalue weighted by molar-refractivity contribution is 0.0620. The van der Waals surface area contributed by atoms with Crippen LogP contribution in [-0.4, -0.2) is 27.3 Å². The second-order valence-corrected chi connectivity index (χ2v) is 5.48. The molecule has 0 saturated carbocycles. The molecule has 0 aliphatic rings. The number of carbonyl (C=O) groups is 1. The van der Waals surface area contributed by atoms with Crippen molar-refractivity contribution in [1.29, 1.82) is 0 Å². The third-order valence-electron chi connectivity index (χ3n) is 2.18. The van der Waals surface area contributed by atoms with Crippen LogP contribution in [0, 0.1) is 0 Å². The van der Waals surface area contributed by atoms with Crippen molar-refractivity contribution in [3.05, 3.63) is 47.7 Å². The van der Waals surface area contributed by atoms with E-state index in [1.807, 2.05) is 0 Å². The molecule has 1 rings (SSSR count). The van der Waals surface area contributed by atoms with Gasteiger partial charge in [-0.1, -0.05) is 18.2 Å². The summed E-state index contributed by atoms with van der Waals surface area (Å²) in [6.07, 6.45) is 1.01. The highest BCUT2D eigenvalue weighted by Crippen LogP contribution is 2.55. The van der Waals surface area contributed by atoms with Gasteiger partial charge in [-0.2, -0.15) is 0 Å². The standard InChI is InChI=1S/C12H15O6P/c1-15-9-11(19(14,16-2)17-3)18-12(13)10-7-5-4-6-8-10/h4-9H,1-3H3/b11-9+. The molecule has 19 heavy (non-hydrogen) atoms. The van der Waals surface area contributed by atoms with Gasteiger partial charge in [-0.25, -0.2) is 4.79 Å². The maximum absolute atomic E-state index is 12.1. The minimum absolute atomic E-state index is 0.309. The number of rotatable bonds is 6. The highest BCUT2D eigenvalue weighted by atomic mass is 31.2. The van der Waals surface area contributed by atoms with Crippen LogP contribution in [-0.2, 0) is 23.1 Å². The fraction of sp³-hybridized carbons (Fsp3) is 0.250. The topological polar surface area (TPSA) is 71.1 Å². The number of benzene rings is 1. The zero-order valence-corrected chi connectivity index (χ0v) is 11.8. The van der Waals surface area contributed by atoms with Crippen molar-refractivity contribution < 1.29 is 27.9 Å². The summed E-state index contributed by atoms with van der Waals surface area (Å²) in [4.78, 5) is 11.9. The number of carbonyl (C=O) groups excluding carboxylic acids is 1. The van der Waals surface area contributed by atoms with Gasteiger partial charge in [-0.15, -0.1) is 0 Å². The molecule has 0 aliphatic carbocycles. The van der Waals surface area contributed by atoms with Crippen LogP contribution in [0.4, 0.5) is 0 Å². The van der Waals surface area contributed by atoms with Crippen molar-refractivity contribution in [2.45, 2.75) is 0 Å². The third kappa shape index (κ3) is 3.92. The Morgan fingerprint density at radius 2 is 1.68 bits per heavy atom. The summed E-state index contributed by atoms with van der Waals surface area (Å²) in [5.41, 5.74) is -0.00267. The quantitative estimate of drug-likeness (QED) is 0.455. The molecule has 0 saturated heterocycles. The lowest BCUT2D eigenvalue weighted by Crippen LogP contribution is -2.07. The first kappa shape index (κ1) is 15.4. The van der Waals surface area contributed by atoms with Gasteiger partial charge in [-0.3, -0.25) is 4.57 Å². The van der Waals surface area contributed by atoms with Crippen molar-refractivity contribution in [2.75, 3.05) is 21.3 Å². The fourth-order valence-electron chi connectivity index (χ4n) is 1.23. The van der Waals surface area contributed by atoms with E-state index in [9.17, 15) is 9.36 Å². The van der Waals surface area contributed by atoms with Crippen LogP contribution in [0.3, 0.4) is 0 Å². The van der Waals surface area contributed by atoms with Crippen molar-refractivity contribution in [1.82, 2.24) is 0 Å². The van der Waals surface area contributed by atoms with E-state index in [2.05, 4.69) is 0 Å². The summed E-state index contributed by atoms with van der Waals surface area (Å²) < 4.78 is 31.4. The monoisotopic (exact) mass is 286 g/mol. The SMILES string of the molecule is CO/C=C(\OC(=O)c1ccccc1)P(=O)(OC)OC. The van der Waals surface area contributed by atoms with E-state index in [-0.39, 0.29) is 5.50 Å². The predicted molar refractivity (Wildman–Crippen MR) is 68.6 cm³/mol. The van der Waals surface area contributed by atoms with E-state index < -0.39 is 13.6 Å². The molecule has 0 aromatic heterocycles. The first-order chi connectivity index (χ1) is 9.07. The second-order valence-electron chi connectivity index (χ2n) is 3.31. The summed E-state index contributed by atoms with van der Waals surface area (Å²) in [5, 5.41) is 0. The molecular weight excluding hydrogens is 271 g/mol. The second kappa shape index (κ2) is 7.09. The van der Waals surface area contributed by atoms with Gasteiger partial charge in [0.2, 0.25) is 0 Å². The largest absolute Gasteiger partial charge is 0.500 e. The Balaban J connectivity index is 2.96. The first-order valence-electron chi connectivity index (χ1n) is 5.29. The number of ether oxygens (including phenoxy) is 2. The maximum atomic E-state index is 12.1. The molecule has 0 aliphatic heterocycles. The average Bonchev–Trinajstić information content (AvgIpc) is 2.46. The third-order valence-corrected chi connectivity index (χ3v) is 3.87. The van der Waals surface area contributed by atoms with Crippen LogP contribution in [0.5, 0.6) is 0 Å². The van der Waals surface area contributed by atoms with Crippen molar-refractivity contribution in [3.63, 3.8) is 0 Å². The molecule has 0 atom stereocenters. The van der Waals surface area contributed by atoms with Gasteiger partial charge in [0.25, 0.3) is 5.50 Å². The normalized spacial score (nSPS) is 12.1. The lowest BCUT2D eigenvalue weighted by atomic mass is 10.2. The highest BCUT2D eigenvalue weighted by Gasteiger charge is 2.32. The fourth-order valence-corrected chi connectivity index (χ4v) is 2.17. The minimum atomic E-state index is -3.69. The van der Waals surface area contributed by atoms with Gasteiger partial charge in [0.15, 0.2) is 0 Å². The van der Waals surface area contributed by atoms with E-state index in [4.69, 9.17) is 18.5 Å². The molecule has 0 heterocycles. The zero-order chi connectivity index (χ0) is 14.3. The van der Waals surface area contributed by atoms with Crippen LogP contribution in [0.2, 0.25) is 0 Å². The molecular formula is C12H15O6P. The van der Waals surface area contributed by atoms with Crippen LogP contribution < -0.4 is 0 Å². The van der Waals surface area contributed by atoms with Gasteiger partial charge >= 0.3 is 13.6 Å². The Morgan fingerprint density at radius 3 is 2.16 bits per heavy atom. The smallest absolute Gasteiger partial charge is 0.399 e. The number of hydrogen-bond donors (Lipinski definition) is 0. The highest BCUT2D eigenvalue weighted by molar-refractivity contribution is 7.58. The van der Waals surface area contributed by atoms with E-state index in [0.29, 0.717) is 5.56 Å². The Kier molecular flexibility index (Phi) is 5.76. The predicted octanol–water partition coefficient (Wildman–Crippen LogP) is 2.77. The average molecular weight is 286 g/mol. The molecule has 0 spiro atoms. The molecule has 0 radical (unpaired) electrons. The summed E-state index contributed by atoms with van der Waals surface area (Å²) in [6.45, 7) is 0. The molecule has 0 unspecified atom stereocenters. The molecule has 7 heteroatoms. The van der Waals surface area contributed by atoms with Gasteiger partial charge < -0.3 is 18.5 Å². The first-order valence-corrected chi connectivity index (χ1v) is 6.84. The number of esters is 1. The van der Waals surface area contributed by atoms with Gasteiger partial charge in [0, 0.05) is 14.2 Å². The molecule has 6 nitrogen and oxygen atoms in total. The van der Waals surface area contributed by atoms with Crippen molar-refractivity contribution in [2.24, 2.45) is 0 Å². The van der Waals surface area contributed by atoms with Crippen LogP contribution in [0.1, 0.15) is 10.4 Å². The molecule has 0 fully saturated rings. The molecule has 1 aromatic carbocycles. The molecule has 0 amide bonds. The van der Waals surface area contributed by atoms with Crippen LogP contribution in [0.25, 0.3) is 0 Å². The molecule has 0 bridgehead atoms. The summed E-state index contributed by atoms with van der Waals surface area (Å²) in [6, 6.07) is 8.26. The van der Waals surface area contributed by atoms with Crippen molar-refractivity contribution in [3.8, 4) is 0 Å². The Bertz CT molecular complexity index is 488. The van der Waals surface area contributed by atoms with Crippen LogP contribution >= 0.6 is 7.60 Å². The molecule has 0 N–H and O–H groups in total. The van der Waals surface area contributed by atoms with E-state index in [0.717, 1.165) is 6.26 Å². The zero-order valence-electron chi connectivity index (χ0n) is 10.9. The maximum Gasteiger partial charge on any atom is 0.399 e. The lowest BCUT2D eigenvalue weighted by Gasteiger charge is -2.16. The summed E-state index contributed by atoms with van der Waals surface area (Å²) >= 11 is 0. The van der Waals surface area contributed by atoms with Gasteiger partial charge in [0.05, 0.1) is 12.7 Å². The Labute approximate surface area is 111 Å². The molecule has 1 aromatic rings. The molecule has 104 valence electrons. The minimum Gasteiger partial charge on any atom is -0.500 e. The van der Waals surface area contributed by atoms with E-state index >= 15 is 0 Å². The van der Waals surface area contributed by atoms with Gasteiger partial charge in [0.1, 0.15) is 6.26 Å². The number of methoxy groups -OCH3 is 1. The van der Waals surface area contributed by atoms with Crippen LogP contribution in [0.15, 0.2) is 42.1 Å². The van der Waals surface area contributed by atoms with Gasteiger partial charge in [-0.05, 0) is 12.1 Å². The van der Waals surface area contributed by atoms with Crippen molar-refractivity contribution >= 4 is 13.6 Å².